The summed E-state index contributed by atoms with van der Waals surface area (Å²) in [5.74, 6) is -0.178. The van der Waals surface area contributed by atoms with Crippen molar-refractivity contribution in [1.29, 1.82) is 0 Å². The molecule has 0 bridgehead atoms. The summed E-state index contributed by atoms with van der Waals surface area (Å²) in [5.41, 5.74) is 1.40. The maximum absolute atomic E-state index is 13.5. The lowest BCUT2D eigenvalue weighted by molar-refractivity contribution is -0.135. The lowest BCUT2D eigenvalue weighted by atomic mass is 10.00. The van der Waals surface area contributed by atoms with Crippen molar-refractivity contribution in [2.24, 2.45) is 0 Å². The Morgan fingerprint density at radius 3 is 2.58 bits per heavy atom. The Balaban J connectivity index is 1.91. The molecule has 1 atom stereocenters. The Morgan fingerprint density at radius 1 is 1.13 bits per heavy atom. The molecule has 0 aliphatic carbocycles. The zero-order valence-electron chi connectivity index (χ0n) is 18.3. The minimum atomic E-state index is -0.542. The first-order valence-corrected chi connectivity index (χ1v) is 10.9. The summed E-state index contributed by atoms with van der Waals surface area (Å²) in [5, 5.41) is 0.368. The molecule has 162 valence electrons. The van der Waals surface area contributed by atoms with Gasteiger partial charge in [-0.1, -0.05) is 25.1 Å². The van der Waals surface area contributed by atoms with Gasteiger partial charge in [0.2, 0.25) is 5.91 Å². The Bertz CT molecular complexity index is 1240. The average Bonchev–Trinajstić information content (AvgIpc) is 2.76. The number of benzene rings is 1. The van der Waals surface area contributed by atoms with E-state index in [1.54, 1.807) is 12.1 Å². The Hall–Kier alpha value is -3.22. The lowest BCUT2D eigenvalue weighted by Gasteiger charge is -2.35. The molecule has 1 aliphatic heterocycles. The molecular weight excluding hydrogens is 392 g/mol. The van der Waals surface area contributed by atoms with E-state index in [1.807, 2.05) is 43.0 Å². The number of nitrogens with zero attached hydrogens (tertiary/aromatic N) is 4. The van der Waals surface area contributed by atoms with Gasteiger partial charge >= 0.3 is 5.69 Å². The van der Waals surface area contributed by atoms with Crippen LogP contribution >= 0.6 is 0 Å². The quantitative estimate of drug-likeness (QED) is 0.650. The van der Waals surface area contributed by atoms with E-state index in [-0.39, 0.29) is 18.5 Å². The van der Waals surface area contributed by atoms with Crippen LogP contribution in [0.5, 0.6) is 0 Å². The van der Waals surface area contributed by atoms with Gasteiger partial charge in [0.25, 0.3) is 5.56 Å². The molecule has 7 nitrogen and oxygen atoms in total. The van der Waals surface area contributed by atoms with E-state index >= 15 is 0 Å². The lowest BCUT2D eigenvalue weighted by Crippen LogP contribution is -2.49. The Morgan fingerprint density at radius 2 is 1.87 bits per heavy atom. The molecule has 0 saturated carbocycles. The standard InChI is InChI=1S/C24H28N4O3/c1-4-18-10-8-9-13-26(18)20(29)15-27-23(30)21-16(2)14-17(3)25-22(21)28(24(27)31)19-11-6-5-7-12-19/h5-7,11-12,14,18H,4,8-10,13,15H2,1-3H3/t18-/m1/s1. The van der Waals surface area contributed by atoms with Crippen molar-refractivity contribution in [1.82, 2.24) is 19.0 Å². The van der Waals surface area contributed by atoms with Crippen LogP contribution in [-0.4, -0.2) is 37.5 Å². The zero-order chi connectivity index (χ0) is 22.1. The SMILES string of the molecule is CC[C@@H]1CCCCN1C(=O)Cn1c(=O)c2c(C)cc(C)nc2n(-c2ccccc2)c1=O. The molecule has 0 spiro atoms. The van der Waals surface area contributed by atoms with Crippen molar-refractivity contribution in [2.45, 2.75) is 59.0 Å². The normalized spacial score (nSPS) is 16.6. The number of aromatic nitrogens is 3. The van der Waals surface area contributed by atoms with Crippen LogP contribution in [0.1, 0.15) is 43.9 Å². The van der Waals surface area contributed by atoms with E-state index < -0.39 is 11.2 Å². The molecule has 4 rings (SSSR count). The molecule has 3 aromatic rings. The molecule has 1 fully saturated rings. The number of carbonyl (C=O) groups excluding carboxylic acids is 1. The topological polar surface area (TPSA) is 77.2 Å². The number of para-hydroxylation sites is 1. The number of carbonyl (C=O) groups is 1. The summed E-state index contributed by atoms with van der Waals surface area (Å²) >= 11 is 0. The summed E-state index contributed by atoms with van der Waals surface area (Å²) < 4.78 is 2.51. The number of rotatable bonds is 4. The second-order valence-corrected chi connectivity index (χ2v) is 8.27. The maximum Gasteiger partial charge on any atom is 0.337 e. The number of aryl methyl sites for hydroxylation is 2. The van der Waals surface area contributed by atoms with E-state index in [0.717, 1.165) is 41.5 Å². The summed E-state index contributed by atoms with van der Waals surface area (Å²) in [6.07, 6.45) is 3.88. The van der Waals surface area contributed by atoms with E-state index in [2.05, 4.69) is 11.9 Å². The third-order valence-corrected chi connectivity index (χ3v) is 6.15. The molecule has 2 aromatic heterocycles. The van der Waals surface area contributed by atoms with Crippen molar-refractivity contribution in [2.75, 3.05) is 6.54 Å². The second-order valence-electron chi connectivity index (χ2n) is 8.27. The van der Waals surface area contributed by atoms with Gasteiger partial charge in [0, 0.05) is 18.3 Å². The van der Waals surface area contributed by atoms with Crippen LogP contribution in [-0.2, 0) is 11.3 Å². The third kappa shape index (κ3) is 3.80. The summed E-state index contributed by atoms with van der Waals surface area (Å²) in [6, 6.07) is 11.1. The van der Waals surface area contributed by atoms with Gasteiger partial charge in [-0.2, -0.15) is 0 Å². The van der Waals surface area contributed by atoms with Crippen molar-refractivity contribution >= 4 is 16.9 Å². The summed E-state index contributed by atoms with van der Waals surface area (Å²) in [6.45, 7) is 6.15. The van der Waals surface area contributed by atoms with Gasteiger partial charge in [0.15, 0.2) is 5.65 Å². The van der Waals surface area contributed by atoms with Crippen molar-refractivity contribution < 1.29 is 4.79 Å². The highest BCUT2D eigenvalue weighted by Gasteiger charge is 2.27. The number of likely N-dealkylation sites (tertiary alicyclic amines) is 1. The molecule has 0 unspecified atom stereocenters. The number of pyridine rings is 1. The highest BCUT2D eigenvalue weighted by molar-refractivity contribution is 5.81. The number of amides is 1. The molecule has 1 aliphatic rings. The first-order chi connectivity index (χ1) is 14.9. The molecule has 1 aromatic carbocycles. The molecule has 0 radical (unpaired) electrons. The molecule has 0 N–H and O–H groups in total. The highest BCUT2D eigenvalue weighted by Crippen LogP contribution is 2.20. The number of hydrogen-bond acceptors (Lipinski definition) is 4. The van der Waals surface area contributed by atoms with Crippen LogP contribution in [0.4, 0.5) is 0 Å². The minimum absolute atomic E-state index is 0.166. The van der Waals surface area contributed by atoms with Gasteiger partial charge in [-0.3, -0.25) is 9.59 Å². The van der Waals surface area contributed by atoms with Crippen LogP contribution in [0.25, 0.3) is 16.7 Å². The average molecular weight is 421 g/mol. The van der Waals surface area contributed by atoms with Crippen LogP contribution in [0.15, 0.2) is 46.0 Å². The van der Waals surface area contributed by atoms with Gasteiger partial charge in [0.1, 0.15) is 6.54 Å². The molecule has 1 saturated heterocycles. The van der Waals surface area contributed by atoms with Crippen LogP contribution in [0.2, 0.25) is 0 Å². The molecular formula is C24H28N4O3. The fraction of sp³-hybridized carbons (Fsp3) is 0.417. The monoisotopic (exact) mass is 420 g/mol. The summed E-state index contributed by atoms with van der Waals surface area (Å²) in [7, 11) is 0. The van der Waals surface area contributed by atoms with Gasteiger partial charge in [-0.25, -0.2) is 18.9 Å². The van der Waals surface area contributed by atoms with Gasteiger partial charge < -0.3 is 4.90 Å². The Kier molecular flexibility index (Phi) is 5.76. The largest absolute Gasteiger partial charge is 0.338 e. The van der Waals surface area contributed by atoms with Crippen LogP contribution in [0, 0.1) is 13.8 Å². The van der Waals surface area contributed by atoms with E-state index in [4.69, 9.17) is 0 Å². The summed E-state index contributed by atoms with van der Waals surface area (Å²) in [4.78, 5) is 46.4. The molecule has 7 heteroatoms. The number of fused-ring (bicyclic) bond motifs is 1. The highest BCUT2D eigenvalue weighted by atomic mass is 16.2. The zero-order valence-corrected chi connectivity index (χ0v) is 18.3. The fourth-order valence-electron chi connectivity index (χ4n) is 4.60. The van der Waals surface area contributed by atoms with Crippen molar-refractivity contribution in [3.05, 3.63) is 68.5 Å². The molecule has 1 amide bonds. The molecule has 31 heavy (non-hydrogen) atoms. The van der Waals surface area contributed by atoms with Crippen LogP contribution < -0.4 is 11.2 Å². The molecule has 3 heterocycles. The van der Waals surface area contributed by atoms with E-state index in [9.17, 15) is 14.4 Å². The number of piperidine rings is 1. The van der Waals surface area contributed by atoms with E-state index in [0.29, 0.717) is 23.3 Å². The predicted molar refractivity (Wildman–Crippen MR) is 121 cm³/mol. The van der Waals surface area contributed by atoms with Gasteiger partial charge in [-0.05, 0) is 63.3 Å². The first-order valence-electron chi connectivity index (χ1n) is 10.9. The smallest absolute Gasteiger partial charge is 0.337 e. The Labute approximate surface area is 181 Å². The first kappa shape index (κ1) is 21.0. The van der Waals surface area contributed by atoms with Gasteiger partial charge in [0.05, 0.1) is 11.1 Å². The van der Waals surface area contributed by atoms with Gasteiger partial charge in [-0.15, -0.1) is 0 Å². The number of hydrogen-bond donors (Lipinski definition) is 0. The third-order valence-electron chi connectivity index (χ3n) is 6.15. The minimum Gasteiger partial charge on any atom is -0.338 e. The second kappa shape index (κ2) is 8.49. The van der Waals surface area contributed by atoms with Crippen LogP contribution in [0.3, 0.4) is 0 Å². The van der Waals surface area contributed by atoms with Crippen molar-refractivity contribution in [3.8, 4) is 5.69 Å². The fourth-order valence-corrected chi connectivity index (χ4v) is 4.60. The maximum atomic E-state index is 13.5. The predicted octanol–water partition coefficient (Wildman–Crippen LogP) is 2.96. The van der Waals surface area contributed by atoms with E-state index in [1.165, 1.54) is 4.57 Å². The van der Waals surface area contributed by atoms with Crippen molar-refractivity contribution in [3.63, 3.8) is 0 Å².